The zero-order valence-corrected chi connectivity index (χ0v) is 16.1. The van der Waals surface area contributed by atoms with Crippen molar-refractivity contribution in [1.82, 2.24) is 9.29 Å². The molecule has 1 aliphatic heterocycles. The maximum absolute atomic E-state index is 13.0. The molecule has 0 atom stereocenters. The predicted molar refractivity (Wildman–Crippen MR) is 98.6 cm³/mol. The van der Waals surface area contributed by atoms with Crippen molar-refractivity contribution >= 4 is 16.0 Å². The number of aromatic nitrogens is 1. The molecule has 0 bridgehead atoms. The van der Waals surface area contributed by atoms with Gasteiger partial charge in [0.05, 0.1) is 17.1 Å². The van der Waals surface area contributed by atoms with E-state index in [9.17, 15) is 13.2 Å². The van der Waals surface area contributed by atoms with Crippen LogP contribution < -0.4 is 0 Å². The number of fused-ring (bicyclic) bond motifs is 1. The Morgan fingerprint density at radius 1 is 1.23 bits per heavy atom. The molecule has 0 spiro atoms. The molecule has 1 N–H and O–H groups in total. The standard InChI is InChI=1S/C19H24N2O4S/c1-4-16-18(19(22)25-5-2)15-12-21(11-10-17(15)20-16)26(23,24)14-8-6-13(3)7-9-14/h6-9,20H,4-5,10-12H2,1-3H3. The van der Waals surface area contributed by atoms with Crippen molar-refractivity contribution in [2.45, 2.75) is 45.1 Å². The molecule has 0 saturated carbocycles. The van der Waals surface area contributed by atoms with Gasteiger partial charge in [-0.3, -0.25) is 0 Å². The van der Waals surface area contributed by atoms with Gasteiger partial charge in [0, 0.05) is 36.5 Å². The van der Waals surface area contributed by atoms with Crippen molar-refractivity contribution in [3.8, 4) is 0 Å². The van der Waals surface area contributed by atoms with E-state index in [0.29, 0.717) is 24.9 Å². The minimum atomic E-state index is -3.61. The smallest absolute Gasteiger partial charge is 0.340 e. The van der Waals surface area contributed by atoms with Gasteiger partial charge in [-0.15, -0.1) is 0 Å². The molecule has 0 radical (unpaired) electrons. The molecule has 7 heteroatoms. The van der Waals surface area contributed by atoms with Gasteiger partial charge in [0.25, 0.3) is 0 Å². The van der Waals surface area contributed by atoms with Gasteiger partial charge in [-0.05, 0) is 32.4 Å². The Bertz CT molecular complexity index is 914. The Morgan fingerprint density at radius 2 is 1.92 bits per heavy atom. The number of esters is 1. The summed E-state index contributed by atoms with van der Waals surface area (Å²) in [5, 5.41) is 0. The average molecular weight is 376 g/mol. The number of carbonyl (C=O) groups excluding carboxylic acids is 1. The van der Waals surface area contributed by atoms with Gasteiger partial charge in [0.15, 0.2) is 0 Å². The van der Waals surface area contributed by atoms with E-state index >= 15 is 0 Å². The van der Waals surface area contributed by atoms with E-state index in [1.165, 1.54) is 4.31 Å². The van der Waals surface area contributed by atoms with Crippen LogP contribution in [0.3, 0.4) is 0 Å². The summed E-state index contributed by atoms with van der Waals surface area (Å²) >= 11 is 0. The molecular weight excluding hydrogens is 352 g/mol. The minimum absolute atomic E-state index is 0.177. The molecule has 0 amide bonds. The molecule has 6 nitrogen and oxygen atoms in total. The van der Waals surface area contributed by atoms with Crippen LogP contribution in [0.5, 0.6) is 0 Å². The summed E-state index contributed by atoms with van der Waals surface area (Å²) < 4.78 is 32.6. The number of aryl methyl sites for hydroxylation is 2. The molecule has 3 rings (SSSR count). The first-order chi connectivity index (χ1) is 12.4. The summed E-state index contributed by atoms with van der Waals surface area (Å²) in [6.07, 6.45) is 1.21. The lowest BCUT2D eigenvalue weighted by atomic mass is 10.0. The van der Waals surface area contributed by atoms with Crippen LogP contribution >= 0.6 is 0 Å². The van der Waals surface area contributed by atoms with E-state index in [1.54, 1.807) is 31.2 Å². The molecule has 1 aromatic heterocycles. The first-order valence-electron chi connectivity index (χ1n) is 8.85. The van der Waals surface area contributed by atoms with Crippen LogP contribution in [-0.2, 0) is 34.1 Å². The first-order valence-corrected chi connectivity index (χ1v) is 10.3. The summed E-state index contributed by atoms with van der Waals surface area (Å²) in [6, 6.07) is 6.83. The SMILES string of the molecule is CCOC(=O)c1c(CC)[nH]c2c1CN(S(=O)(=O)c1ccc(C)cc1)CC2. The van der Waals surface area contributed by atoms with Gasteiger partial charge in [-0.2, -0.15) is 4.31 Å². The third-order valence-corrected chi connectivity index (χ3v) is 6.57. The quantitative estimate of drug-likeness (QED) is 0.814. The van der Waals surface area contributed by atoms with Gasteiger partial charge in [0.1, 0.15) is 0 Å². The van der Waals surface area contributed by atoms with Crippen molar-refractivity contribution < 1.29 is 17.9 Å². The molecule has 26 heavy (non-hydrogen) atoms. The highest BCUT2D eigenvalue weighted by Gasteiger charge is 2.33. The number of H-pyrrole nitrogens is 1. The predicted octanol–water partition coefficient (Wildman–Crippen LogP) is 2.81. The molecule has 2 heterocycles. The minimum Gasteiger partial charge on any atom is -0.462 e. The van der Waals surface area contributed by atoms with E-state index in [4.69, 9.17) is 4.74 Å². The molecule has 0 saturated heterocycles. The normalized spacial score (nSPS) is 14.9. The van der Waals surface area contributed by atoms with Crippen LogP contribution in [0.15, 0.2) is 29.2 Å². The second-order valence-electron chi connectivity index (χ2n) is 6.41. The Balaban J connectivity index is 1.97. The molecular formula is C19H24N2O4S. The van der Waals surface area contributed by atoms with E-state index in [2.05, 4.69) is 4.98 Å². The number of carbonyl (C=O) groups is 1. The number of aromatic amines is 1. The van der Waals surface area contributed by atoms with Gasteiger partial charge in [0.2, 0.25) is 10.0 Å². The Morgan fingerprint density at radius 3 is 2.54 bits per heavy atom. The van der Waals surface area contributed by atoms with E-state index in [0.717, 1.165) is 22.5 Å². The lowest BCUT2D eigenvalue weighted by Gasteiger charge is -2.27. The van der Waals surface area contributed by atoms with Crippen LogP contribution in [0.2, 0.25) is 0 Å². The molecule has 1 aliphatic rings. The number of nitrogens with one attached hydrogen (secondary N) is 1. The van der Waals surface area contributed by atoms with Crippen LogP contribution in [0.25, 0.3) is 0 Å². The van der Waals surface area contributed by atoms with Crippen LogP contribution in [0.1, 0.15) is 46.7 Å². The van der Waals surface area contributed by atoms with E-state index < -0.39 is 16.0 Å². The lowest BCUT2D eigenvalue weighted by Crippen LogP contribution is -2.36. The van der Waals surface area contributed by atoms with E-state index in [-0.39, 0.29) is 18.0 Å². The average Bonchev–Trinajstić information content (AvgIpc) is 3.00. The van der Waals surface area contributed by atoms with Crippen molar-refractivity contribution in [3.63, 3.8) is 0 Å². The second-order valence-corrected chi connectivity index (χ2v) is 8.35. The van der Waals surface area contributed by atoms with Crippen LogP contribution in [-0.4, -0.2) is 36.8 Å². The molecule has 1 aromatic carbocycles. The number of ether oxygens (including phenoxy) is 1. The number of rotatable bonds is 5. The van der Waals surface area contributed by atoms with Crippen LogP contribution in [0, 0.1) is 6.92 Å². The van der Waals surface area contributed by atoms with Crippen molar-refractivity contribution in [3.05, 3.63) is 52.3 Å². The van der Waals surface area contributed by atoms with Gasteiger partial charge in [-0.25, -0.2) is 13.2 Å². The van der Waals surface area contributed by atoms with Crippen LogP contribution in [0.4, 0.5) is 0 Å². The van der Waals surface area contributed by atoms with Gasteiger partial charge in [-0.1, -0.05) is 24.6 Å². The fourth-order valence-electron chi connectivity index (χ4n) is 3.31. The molecule has 0 unspecified atom stereocenters. The van der Waals surface area contributed by atoms with Crippen molar-refractivity contribution in [2.75, 3.05) is 13.2 Å². The number of hydrogen-bond donors (Lipinski definition) is 1. The monoisotopic (exact) mass is 376 g/mol. The lowest BCUT2D eigenvalue weighted by molar-refractivity contribution is 0.0523. The second kappa shape index (κ2) is 7.25. The number of hydrogen-bond acceptors (Lipinski definition) is 4. The highest BCUT2D eigenvalue weighted by atomic mass is 32.2. The van der Waals surface area contributed by atoms with Crippen molar-refractivity contribution in [2.24, 2.45) is 0 Å². The molecule has 0 fully saturated rings. The fraction of sp³-hybridized carbons (Fsp3) is 0.421. The highest BCUT2D eigenvalue weighted by molar-refractivity contribution is 7.89. The number of benzene rings is 1. The third kappa shape index (κ3) is 3.29. The van der Waals surface area contributed by atoms with Gasteiger partial charge >= 0.3 is 5.97 Å². The fourth-order valence-corrected chi connectivity index (χ4v) is 4.72. The maximum atomic E-state index is 13.0. The largest absolute Gasteiger partial charge is 0.462 e. The Hall–Kier alpha value is -2.12. The van der Waals surface area contributed by atoms with Crippen molar-refractivity contribution in [1.29, 1.82) is 0 Å². The maximum Gasteiger partial charge on any atom is 0.340 e. The molecule has 0 aliphatic carbocycles. The Labute approximate surface area is 154 Å². The molecule has 2 aromatic rings. The van der Waals surface area contributed by atoms with Gasteiger partial charge < -0.3 is 9.72 Å². The summed E-state index contributed by atoms with van der Waals surface area (Å²) in [5.41, 5.74) is 3.98. The highest BCUT2D eigenvalue weighted by Crippen LogP contribution is 2.30. The summed E-state index contributed by atoms with van der Waals surface area (Å²) in [7, 11) is -3.61. The molecule has 140 valence electrons. The summed E-state index contributed by atoms with van der Waals surface area (Å²) in [4.78, 5) is 16.0. The summed E-state index contributed by atoms with van der Waals surface area (Å²) in [6.45, 7) is 6.48. The first kappa shape index (κ1) is 18.7. The summed E-state index contributed by atoms with van der Waals surface area (Å²) in [5.74, 6) is -0.392. The third-order valence-electron chi connectivity index (χ3n) is 4.71. The van der Waals surface area contributed by atoms with E-state index in [1.807, 2.05) is 13.8 Å². The zero-order valence-electron chi connectivity index (χ0n) is 15.3. The topological polar surface area (TPSA) is 79.5 Å². The number of nitrogens with zero attached hydrogens (tertiary/aromatic N) is 1. The number of sulfonamides is 1. The Kier molecular flexibility index (Phi) is 5.20. The zero-order chi connectivity index (χ0) is 18.9.